The fourth-order valence-corrected chi connectivity index (χ4v) is 1.74. The molecule has 0 saturated heterocycles. The molecule has 0 radical (unpaired) electrons. The number of carbonyl (C=O) groups excluding carboxylic acids is 1. The maximum Gasteiger partial charge on any atom is 0.407 e. The highest BCUT2D eigenvalue weighted by atomic mass is 16.6. The molecule has 0 heterocycles. The Hall–Kier alpha value is -1.97. The first-order chi connectivity index (χ1) is 9.19. The van der Waals surface area contributed by atoms with Gasteiger partial charge in [-0.05, 0) is 63.4 Å². The Labute approximate surface area is 120 Å². The smallest absolute Gasteiger partial charge is 0.407 e. The van der Waals surface area contributed by atoms with E-state index in [9.17, 15) is 9.90 Å². The first-order valence-electron chi connectivity index (χ1n) is 6.62. The van der Waals surface area contributed by atoms with Crippen molar-refractivity contribution >= 4 is 12.2 Å². The van der Waals surface area contributed by atoms with Crippen molar-refractivity contribution in [3.05, 3.63) is 34.9 Å². The summed E-state index contributed by atoms with van der Waals surface area (Å²) in [7, 11) is 0. The molecule has 2 N–H and O–H groups in total. The summed E-state index contributed by atoms with van der Waals surface area (Å²) in [5.41, 5.74) is 2.18. The molecule has 0 aliphatic heterocycles. The molecular formula is C16H23NO3. The first kappa shape index (κ1) is 16.1. The van der Waals surface area contributed by atoms with E-state index in [-0.39, 0.29) is 0 Å². The number of rotatable bonds is 3. The lowest BCUT2D eigenvalue weighted by Gasteiger charge is -2.19. The largest absolute Gasteiger partial charge is 0.507 e. The van der Waals surface area contributed by atoms with Crippen LogP contribution in [0.25, 0.3) is 6.08 Å². The molecule has 0 atom stereocenters. The molecule has 4 nitrogen and oxygen atoms in total. The summed E-state index contributed by atoms with van der Waals surface area (Å²) >= 11 is 0. The van der Waals surface area contributed by atoms with Crippen molar-refractivity contribution < 1.29 is 14.6 Å². The van der Waals surface area contributed by atoms with E-state index >= 15 is 0 Å². The van der Waals surface area contributed by atoms with Gasteiger partial charge >= 0.3 is 6.09 Å². The van der Waals surface area contributed by atoms with Crippen LogP contribution in [-0.4, -0.2) is 23.3 Å². The zero-order valence-corrected chi connectivity index (χ0v) is 12.8. The molecule has 0 aromatic heterocycles. The maximum absolute atomic E-state index is 11.4. The zero-order valence-electron chi connectivity index (χ0n) is 12.8. The van der Waals surface area contributed by atoms with E-state index in [1.807, 2.05) is 58.9 Å². The Bertz CT molecular complexity index is 490. The van der Waals surface area contributed by atoms with E-state index in [1.165, 1.54) is 0 Å². The molecule has 0 aliphatic rings. The van der Waals surface area contributed by atoms with E-state index in [0.29, 0.717) is 12.3 Å². The summed E-state index contributed by atoms with van der Waals surface area (Å²) in [6, 6.07) is 3.79. The molecule has 1 aromatic rings. The number of amides is 1. The van der Waals surface area contributed by atoms with Crippen LogP contribution < -0.4 is 5.32 Å². The van der Waals surface area contributed by atoms with Gasteiger partial charge in [-0.25, -0.2) is 4.79 Å². The SMILES string of the molecule is Cc1cc(C=CCNC(=O)OC(C)(C)C)cc(C)c1O. The van der Waals surface area contributed by atoms with Gasteiger partial charge in [0.2, 0.25) is 0 Å². The highest BCUT2D eigenvalue weighted by molar-refractivity contribution is 5.68. The third-order valence-electron chi connectivity index (χ3n) is 2.59. The Morgan fingerprint density at radius 1 is 1.30 bits per heavy atom. The van der Waals surface area contributed by atoms with Gasteiger partial charge in [0.25, 0.3) is 0 Å². The van der Waals surface area contributed by atoms with Crippen LogP contribution in [0.5, 0.6) is 5.75 Å². The van der Waals surface area contributed by atoms with Gasteiger partial charge in [-0.1, -0.05) is 12.2 Å². The second-order valence-electron chi connectivity index (χ2n) is 5.79. The molecular weight excluding hydrogens is 254 g/mol. The Morgan fingerprint density at radius 3 is 2.35 bits per heavy atom. The number of phenols is 1. The Kier molecular flexibility index (Phi) is 5.19. The van der Waals surface area contributed by atoms with Crippen molar-refractivity contribution in [1.82, 2.24) is 5.32 Å². The average Bonchev–Trinajstić information content (AvgIpc) is 2.29. The fraction of sp³-hybridized carbons (Fsp3) is 0.438. The fourth-order valence-electron chi connectivity index (χ4n) is 1.74. The summed E-state index contributed by atoms with van der Waals surface area (Å²) in [5.74, 6) is 0.328. The highest BCUT2D eigenvalue weighted by Gasteiger charge is 2.14. The number of hydrogen-bond acceptors (Lipinski definition) is 3. The number of nitrogens with one attached hydrogen (secondary N) is 1. The second kappa shape index (κ2) is 6.46. The van der Waals surface area contributed by atoms with Crippen LogP contribution in [0.15, 0.2) is 18.2 Å². The van der Waals surface area contributed by atoms with Gasteiger partial charge in [-0.3, -0.25) is 0 Å². The number of aromatic hydroxyl groups is 1. The average molecular weight is 277 g/mol. The van der Waals surface area contributed by atoms with Crippen LogP contribution in [0, 0.1) is 13.8 Å². The standard InChI is InChI=1S/C16H23NO3/c1-11-9-13(10-12(2)14(11)18)7-6-8-17-15(19)20-16(3,4)5/h6-7,9-10,18H,8H2,1-5H3,(H,17,19). The van der Waals surface area contributed by atoms with Gasteiger partial charge in [-0.2, -0.15) is 0 Å². The number of aryl methyl sites for hydroxylation is 2. The van der Waals surface area contributed by atoms with E-state index < -0.39 is 11.7 Å². The van der Waals surface area contributed by atoms with Gasteiger partial charge in [-0.15, -0.1) is 0 Å². The molecule has 0 saturated carbocycles. The number of carbonyl (C=O) groups is 1. The van der Waals surface area contributed by atoms with Gasteiger partial charge < -0.3 is 15.2 Å². The lowest BCUT2D eigenvalue weighted by atomic mass is 10.1. The van der Waals surface area contributed by atoms with Gasteiger partial charge in [0.1, 0.15) is 11.4 Å². The number of hydrogen-bond donors (Lipinski definition) is 2. The quantitative estimate of drug-likeness (QED) is 0.888. The number of benzene rings is 1. The maximum atomic E-state index is 11.4. The molecule has 1 aromatic carbocycles. The van der Waals surface area contributed by atoms with E-state index in [1.54, 1.807) is 0 Å². The molecule has 1 rings (SSSR count). The minimum atomic E-state index is -0.487. The third-order valence-corrected chi connectivity index (χ3v) is 2.59. The molecule has 0 unspecified atom stereocenters. The molecule has 20 heavy (non-hydrogen) atoms. The molecule has 1 amide bonds. The van der Waals surface area contributed by atoms with Crippen molar-refractivity contribution in [2.45, 2.75) is 40.2 Å². The Morgan fingerprint density at radius 2 is 1.85 bits per heavy atom. The van der Waals surface area contributed by atoms with Crippen LogP contribution in [0.2, 0.25) is 0 Å². The molecule has 110 valence electrons. The summed E-state index contributed by atoms with van der Waals surface area (Å²) in [6.07, 6.45) is 3.31. The Balaban J connectivity index is 2.52. The van der Waals surface area contributed by atoms with E-state index in [0.717, 1.165) is 16.7 Å². The molecule has 0 aliphatic carbocycles. The normalized spacial score (nSPS) is 11.7. The minimum Gasteiger partial charge on any atom is -0.507 e. The van der Waals surface area contributed by atoms with Crippen LogP contribution in [0.4, 0.5) is 4.79 Å². The predicted molar refractivity (Wildman–Crippen MR) is 80.9 cm³/mol. The molecule has 0 fully saturated rings. The molecule has 0 spiro atoms. The van der Waals surface area contributed by atoms with Crippen LogP contribution >= 0.6 is 0 Å². The van der Waals surface area contributed by atoms with Crippen molar-refractivity contribution in [2.24, 2.45) is 0 Å². The van der Waals surface area contributed by atoms with Crippen molar-refractivity contribution in [2.75, 3.05) is 6.54 Å². The topological polar surface area (TPSA) is 58.6 Å². The van der Waals surface area contributed by atoms with E-state index in [2.05, 4.69) is 5.32 Å². The number of ether oxygens (including phenoxy) is 1. The zero-order chi connectivity index (χ0) is 15.3. The number of alkyl carbamates (subject to hydrolysis) is 1. The molecule has 4 heteroatoms. The van der Waals surface area contributed by atoms with Crippen LogP contribution in [0.1, 0.15) is 37.5 Å². The van der Waals surface area contributed by atoms with Gasteiger partial charge in [0.05, 0.1) is 0 Å². The lowest BCUT2D eigenvalue weighted by Crippen LogP contribution is -2.32. The predicted octanol–water partition coefficient (Wildman–Crippen LogP) is 3.55. The first-order valence-corrected chi connectivity index (χ1v) is 6.62. The van der Waals surface area contributed by atoms with Crippen molar-refractivity contribution in [1.29, 1.82) is 0 Å². The van der Waals surface area contributed by atoms with Crippen molar-refractivity contribution in [3.63, 3.8) is 0 Å². The van der Waals surface area contributed by atoms with E-state index in [4.69, 9.17) is 4.74 Å². The van der Waals surface area contributed by atoms with Crippen LogP contribution in [-0.2, 0) is 4.74 Å². The summed E-state index contributed by atoms with van der Waals surface area (Å²) < 4.78 is 5.13. The molecule has 0 bridgehead atoms. The highest BCUT2D eigenvalue weighted by Crippen LogP contribution is 2.23. The monoisotopic (exact) mass is 277 g/mol. The summed E-state index contributed by atoms with van der Waals surface area (Å²) in [5, 5.41) is 12.3. The van der Waals surface area contributed by atoms with Crippen molar-refractivity contribution in [3.8, 4) is 5.75 Å². The minimum absolute atomic E-state index is 0.328. The van der Waals surface area contributed by atoms with Gasteiger partial charge in [0, 0.05) is 6.54 Å². The third kappa shape index (κ3) is 5.34. The lowest BCUT2D eigenvalue weighted by molar-refractivity contribution is 0.0534. The van der Waals surface area contributed by atoms with Crippen LogP contribution in [0.3, 0.4) is 0 Å². The van der Waals surface area contributed by atoms with Gasteiger partial charge in [0.15, 0.2) is 0 Å². The summed E-state index contributed by atoms with van der Waals surface area (Å²) in [6.45, 7) is 9.59. The second-order valence-corrected chi connectivity index (χ2v) is 5.79. The number of phenolic OH excluding ortho intramolecular Hbond substituents is 1. The summed E-state index contributed by atoms with van der Waals surface area (Å²) in [4.78, 5) is 11.4.